The first-order chi connectivity index (χ1) is 12.5. The Labute approximate surface area is 164 Å². The molecular formula is C19H29BrN6. The lowest BCUT2D eigenvalue weighted by Gasteiger charge is -2.39. The highest BCUT2D eigenvalue weighted by Gasteiger charge is 2.26. The maximum Gasteiger partial charge on any atom is 0.241 e. The molecular weight excluding hydrogens is 392 g/mol. The molecule has 3 rings (SSSR count). The van der Waals surface area contributed by atoms with Crippen molar-refractivity contribution in [1.29, 1.82) is 0 Å². The van der Waals surface area contributed by atoms with Gasteiger partial charge >= 0.3 is 0 Å². The van der Waals surface area contributed by atoms with Crippen molar-refractivity contribution in [3.8, 4) is 0 Å². The number of aromatic nitrogens is 3. The maximum atomic E-state index is 5.63. The van der Waals surface area contributed by atoms with Gasteiger partial charge in [-0.3, -0.25) is 4.90 Å². The molecule has 7 heteroatoms. The Bertz CT molecular complexity index is 676. The van der Waals surface area contributed by atoms with E-state index in [0.717, 1.165) is 55.9 Å². The van der Waals surface area contributed by atoms with Crippen molar-refractivity contribution >= 4 is 27.8 Å². The molecule has 2 aromatic rings. The van der Waals surface area contributed by atoms with Crippen LogP contribution in [0.2, 0.25) is 0 Å². The van der Waals surface area contributed by atoms with Crippen LogP contribution in [-0.4, -0.2) is 52.3 Å². The minimum atomic E-state index is 0.318. The highest BCUT2D eigenvalue weighted by molar-refractivity contribution is 9.10. The Morgan fingerprint density at radius 1 is 1.27 bits per heavy atom. The zero-order valence-electron chi connectivity index (χ0n) is 15.7. The van der Waals surface area contributed by atoms with E-state index in [9.17, 15) is 0 Å². The van der Waals surface area contributed by atoms with Crippen molar-refractivity contribution in [3.05, 3.63) is 34.3 Å². The van der Waals surface area contributed by atoms with Crippen LogP contribution in [0.3, 0.4) is 0 Å². The third kappa shape index (κ3) is 5.20. The van der Waals surface area contributed by atoms with E-state index in [2.05, 4.69) is 79.0 Å². The van der Waals surface area contributed by atoms with Gasteiger partial charge in [0.2, 0.25) is 11.9 Å². The number of piperidine rings is 1. The van der Waals surface area contributed by atoms with Crippen molar-refractivity contribution < 1.29 is 0 Å². The van der Waals surface area contributed by atoms with Crippen LogP contribution in [0.1, 0.15) is 32.3 Å². The zero-order chi connectivity index (χ0) is 18.5. The van der Waals surface area contributed by atoms with Gasteiger partial charge in [-0.05, 0) is 42.9 Å². The fourth-order valence-corrected chi connectivity index (χ4v) is 3.93. The molecule has 1 aromatic heterocycles. The first kappa shape index (κ1) is 19.2. The lowest BCUT2D eigenvalue weighted by Crippen LogP contribution is -2.47. The van der Waals surface area contributed by atoms with Crippen LogP contribution in [0.25, 0.3) is 0 Å². The number of halogens is 1. The summed E-state index contributed by atoms with van der Waals surface area (Å²) >= 11 is 3.51. The largest absolute Gasteiger partial charge is 0.366 e. The molecule has 0 aliphatic carbocycles. The third-order valence-electron chi connectivity index (χ3n) is 4.97. The van der Waals surface area contributed by atoms with Gasteiger partial charge in [0.1, 0.15) is 0 Å². The van der Waals surface area contributed by atoms with E-state index in [1.54, 1.807) is 0 Å². The molecule has 0 spiro atoms. The highest BCUT2D eigenvalue weighted by atomic mass is 79.9. The first-order valence-electron chi connectivity index (χ1n) is 9.42. The normalized spacial score (nSPS) is 16.0. The number of nitrogens with one attached hydrogen (secondary N) is 1. The summed E-state index contributed by atoms with van der Waals surface area (Å²) in [6.07, 6.45) is 3.39. The van der Waals surface area contributed by atoms with Gasteiger partial charge in [-0.15, -0.1) is 5.10 Å². The van der Waals surface area contributed by atoms with Crippen LogP contribution >= 0.6 is 15.9 Å². The number of H-pyrrole nitrogens is 1. The van der Waals surface area contributed by atoms with Crippen molar-refractivity contribution in [2.75, 3.05) is 36.8 Å². The number of nitrogen functional groups attached to an aromatic ring is 1. The zero-order valence-corrected chi connectivity index (χ0v) is 17.2. The summed E-state index contributed by atoms with van der Waals surface area (Å²) in [4.78, 5) is 9.19. The van der Waals surface area contributed by atoms with Crippen molar-refractivity contribution in [2.45, 2.75) is 39.2 Å². The highest BCUT2D eigenvalue weighted by Crippen LogP contribution is 2.22. The fraction of sp³-hybridized carbons (Fsp3) is 0.579. The summed E-state index contributed by atoms with van der Waals surface area (Å²) in [5, 5.41) is 6.87. The van der Waals surface area contributed by atoms with E-state index in [0.29, 0.717) is 17.9 Å². The molecule has 1 aliphatic heterocycles. The number of rotatable bonds is 7. The maximum absolute atomic E-state index is 5.63. The monoisotopic (exact) mass is 420 g/mol. The van der Waals surface area contributed by atoms with E-state index < -0.39 is 0 Å². The molecule has 1 saturated heterocycles. The lowest BCUT2D eigenvalue weighted by molar-refractivity contribution is 0.152. The summed E-state index contributed by atoms with van der Waals surface area (Å²) in [5.74, 6) is 1.79. The predicted molar refractivity (Wildman–Crippen MR) is 110 cm³/mol. The van der Waals surface area contributed by atoms with Crippen LogP contribution in [0.4, 0.5) is 11.9 Å². The number of hydrogen-bond donors (Lipinski definition) is 2. The SMILES string of the molecule is CC(C)CN(CCc1ccc(Br)cc1)C1CCN(c2nc(N)n[nH]2)CC1. The van der Waals surface area contributed by atoms with Gasteiger partial charge in [0.25, 0.3) is 0 Å². The Morgan fingerprint density at radius 2 is 1.96 bits per heavy atom. The van der Waals surface area contributed by atoms with Gasteiger partial charge in [0, 0.05) is 36.7 Å². The Kier molecular flexibility index (Phi) is 6.53. The average Bonchev–Trinajstić information content (AvgIpc) is 3.06. The molecule has 1 fully saturated rings. The molecule has 1 aliphatic rings. The molecule has 0 bridgehead atoms. The van der Waals surface area contributed by atoms with Gasteiger partial charge in [-0.1, -0.05) is 41.9 Å². The minimum absolute atomic E-state index is 0.318. The number of nitrogens with two attached hydrogens (primary N) is 1. The molecule has 0 unspecified atom stereocenters. The Morgan fingerprint density at radius 3 is 2.54 bits per heavy atom. The average molecular weight is 421 g/mol. The van der Waals surface area contributed by atoms with Crippen LogP contribution in [0, 0.1) is 5.92 Å². The predicted octanol–water partition coefficient (Wildman–Crippen LogP) is 3.32. The van der Waals surface area contributed by atoms with Gasteiger partial charge in [-0.25, -0.2) is 5.10 Å². The number of nitrogens with zero attached hydrogens (tertiary/aromatic N) is 4. The van der Waals surface area contributed by atoms with Gasteiger partial charge in [0.15, 0.2) is 0 Å². The number of aromatic amines is 1. The van der Waals surface area contributed by atoms with Crippen LogP contribution in [0.5, 0.6) is 0 Å². The molecule has 0 radical (unpaired) electrons. The van der Waals surface area contributed by atoms with E-state index in [1.807, 2.05) is 0 Å². The molecule has 3 N–H and O–H groups in total. The molecule has 1 aromatic carbocycles. The Hall–Kier alpha value is -1.60. The van der Waals surface area contributed by atoms with Gasteiger partial charge in [-0.2, -0.15) is 4.98 Å². The molecule has 0 atom stereocenters. The smallest absolute Gasteiger partial charge is 0.241 e. The van der Waals surface area contributed by atoms with E-state index in [-0.39, 0.29) is 0 Å². The number of benzene rings is 1. The molecule has 142 valence electrons. The van der Waals surface area contributed by atoms with Gasteiger partial charge < -0.3 is 10.6 Å². The minimum Gasteiger partial charge on any atom is -0.366 e. The van der Waals surface area contributed by atoms with Gasteiger partial charge in [0.05, 0.1) is 0 Å². The molecule has 26 heavy (non-hydrogen) atoms. The molecule has 2 heterocycles. The third-order valence-corrected chi connectivity index (χ3v) is 5.50. The summed E-state index contributed by atoms with van der Waals surface area (Å²) in [5.41, 5.74) is 7.03. The van der Waals surface area contributed by atoms with E-state index in [4.69, 9.17) is 5.73 Å². The van der Waals surface area contributed by atoms with E-state index >= 15 is 0 Å². The summed E-state index contributed by atoms with van der Waals surface area (Å²) in [6, 6.07) is 9.32. The lowest BCUT2D eigenvalue weighted by atomic mass is 10.0. The molecule has 0 saturated carbocycles. The molecule has 6 nitrogen and oxygen atoms in total. The number of hydrogen-bond acceptors (Lipinski definition) is 5. The Balaban J connectivity index is 1.56. The van der Waals surface area contributed by atoms with Crippen LogP contribution in [0.15, 0.2) is 28.7 Å². The second-order valence-electron chi connectivity index (χ2n) is 7.50. The van der Waals surface area contributed by atoms with Crippen LogP contribution < -0.4 is 10.6 Å². The standard InChI is InChI=1S/C19H29BrN6/c1-14(2)13-26(10-7-15-3-5-16(20)6-4-15)17-8-11-25(12-9-17)19-22-18(21)23-24-19/h3-6,14,17H,7-13H2,1-2H3,(H3,21,22,23,24). The van der Waals surface area contributed by atoms with E-state index in [1.165, 1.54) is 5.56 Å². The quantitative estimate of drug-likeness (QED) is 0.718. The van der Waals surface area contributed by atoms with Crippen molar-refractivity contribution in [1.82, 2.24) is 20.1 Å². The summed E-state index contributed by atoms with van der Waals surface area (Å²) in [7, 11) is 0. The number of anilines is 2. The second kappa shape index (κ2) is 8.86. The first-order valence-corrected chi connectivity index (χ1v) is 10.2. The van der Waals surface area contributed by atoms with Crippen molar-refractivity contribution in [2.24, 2.45) is 5.92 Å². The summed E-state index contributed by atoms with van der Waals surface area (Å²) < 4.78 is 1.14. The second-order valence-corrected chi connectivity index (χ2v) is 8.42. The van der Waals surface area contributed by atoms with Crippen molar-refractivity contribution in [3.63, 3.8) is 0 Å². The topological polar surface area (TPSA) is 74.1 Å². The summed E-state index contributed by atoms with van der Waals surface area (Å²) in [6.45, 7) is 8.85. The fourth-order valence-electron chi connectivity index (χ4n) is 3.67. The molecule has 0 amide bonds. The van der Waals surface area contributed by atoms with Crippen LogP contribution in [-0.2, 0) is 6.42 Å².